The lowest BCUT2D eigenvalue weighted by Gasteiger charge is -2.32. The molecule has 1 nitrogen and oxygen atoms in total. The molecule has 0 radical (unpaired) electrons. The van der Waals surface area contributed by atoms with Crippen LogP contribution in [0.2, 0.25) is 0 Å². The van der Waals surface area contributed by atoms with E-state index >= 15 is 0 Å². The molecule has 0 fully saturated rings. The average molecular weight is 668 g/mol. The van der Waals surface area contributed by atoms with Crippen molar-refractivity contribution in [2.45, 2.75) is 44.9 Å². The second kappa shape index (κ2) is 11.6. The predicted octanol–water partition coefficient (Wildman–Crippen LogP) is 14.1. The smallest absolute Gasteiger partial charge is 0.0731 e. The molecule has 250 valence electrons. The molecule has 0 aliphatic heterocycles. The first-order chi connectivity index (χ1) is 25.4. The molecular formula is C51H41N. The van der Waals surface area contributed by atoms with Gasteiger partial charge in [-0.2, -0.15) is 0 Å². The van der Waals surface area contributed by atoms with E-state index in [0.717, 1.165) is 17.1 Å². The molecule has 1 spiro atoms. The largest absolute Gasteiger partial charge is 0.310 e. The minimum Gasteiger partial charge on any atom is -0.310 e. The molecule has 0 aromatic heterocycles. The van der Waals surface area contributed by atoms with E-state index in [2.05, 4.69) is 196 Å². The molecule has 0 bridgehead atoms. The topological polar surface area (TPSA) is 3.24 Å². The first kappa shape index (κ1) is 30.9. The standard InChI is InChI=1S/C51H41N/c1-32(2)34-17-22-39(23-18-34)52(40-24-19-35(20-25-40)33(3)4)41-26-28-42-38(29-41)21-27-45-46-30-36-11-5-6-12-37(36)31-49(46)51(50(42)45)47-15-9-7-13-43(47)44-14-8-10-16-48(44)51/h5-33H,1-4H3. The van der Waals surface area contributed by atoms with E-state index in [1.54, 1.807) is 0 Å². The summed E-state index contributed by atoms with van der Waals surface area (Å²) >= 11 is 0. The molecule has 0 heterocycles. The second-order valence-corrected chi connectivity index (χ2v) is 15.3. The number of anilines is 3. The maximum atomic E-state index is 2.48. The van der Waals surface area contributed by atoms with Crippen LogP contribution in [-0.2, 0) is 5.41 Å². The molecule has 0 N–H and O–H groups in total. The molecule has 0 atom stereocenters. The summed E-state index contributed by atoms with van der Waals surface area (Å²) in [7, 11) is 0. The zero-order chi connectivity index (χ0) is 35.1. The summed E-state index contributed by atoms with van der Waals surface area (Å²) < 4.78 is 0. The Kier molecular flexibility index (Phi) is 6.86. The Morgan fingerprint density at radius 3 is 1.48 bits per heavy atom. The molecule has 0 saturated carbocycles. The van der Waals surface area contributed by atoms with Crippen LogP contribution < -0.4 is 4.90 Å². The number of fused-ring (bicyclic) bond motifs is 13. The zero-order valence-electron chi connectivity index (χ0n) is 30.2. The Bertz CT molecular complexity index is 2580. The van der Waals surface area contributed by atoms with Crippen LogP contribution in [0, 0.1) is 0 Å². The quantitative estimate of drug-likeness (QED) is 0.177. The molecule has 2 aliphatic rings. The monoisotopic (exact) mass is 667 g/mol. The van der Waals surface area contributed by atoms with Crippen LogP contribution in [0.3, 0.4) is 0 Å². The molecular weight excluding hydrogens is 627 g/mol. The lowest BCUT2D eigenvalue weighted by molar-refractivity contribution is 0.802. The van der Waals surface area contributed by atoms with E-state index < -0.39 is 5.41 Å². The third-order valence-corrected chi connectivity index (χ3v) is 11.8. The minimum atomic E-state index is -0.415. The second-order valence-electron chi connectivity index (χ2n) is 15.3. The number of hydrogen-bond donors (Lipinski definition) is 0. The number of nitrogens with zero attached hydrogens (tertiary/aromatic N) is 1. The van der Waals surface area contributed by atoms with Crippen LogP contribution in [0.25, 0.3) is 43.8 Å². The molecule has 8 aromatic carbocycles. The molecule has 52 heavy (non-hydrogen) atoms. The van der Waals surface area contributed by atoms with Crippen LogP contribution >= 0.6 is 0 Å². The van der Waals surface area contributed by atoms with E-state index in [9.17, 15) is 0 Å². The van der Waals surface area contributed by atoms with Gasteiger partial charge in [-0.3, -0.25) is 0 Å². The van der Waals surface area contributed by atoms with Crippen molar-refractivity contribution < 1.29 is 0 Å². The highest BCUT2D eigenvalue weighted by atomic mass is 15.1. The van der Waals surface area contributed by atoms with Crippen molar-refractivity contribution in [3.05, 3.63) is 197 Å². The third-order valence-electron chi connectivity index (χ3n) is 11.8. The number of rotatable bonds is 5. The van der Waals surface area contributed by atoms with E-state index in [-0.39, 0.29) is 0 Å². The summed E-state index contributed by atoms with van der Waals surface area (Å²) in [6, 6.07) is 62.1. The summed E-state index contributed by atoms with van der Waals surface area (Å²) in [5.74, 6) is 0.964. The van der Waals surface area contributed by atoms with Gasteiger partial charge in [-0.25, -0.2) is 0 Å². The van der Waals surface area contributed by atoms with Gasteiger partial charge in [0.1, 0.15) is 0 Å². The summed E-state index contributed by atoms with van der Waals surface area (Å²) in [4.78, 5) is 2.41. The van der Waals surface area contributed by atoms with Crippen molar-refractivity contribution >= 4 is 38.6 Å². The van der Waals surface area contributed by atoms with Gasteiger partial charge in [0.05, 0.1) is 5.41 Å². The lowest BCUT2D eigenvalue weighted by Crippen LogP contribution is -2.26. The van der Waals surface area contributed by atoms with Crippen molar-refractivity contribution in [1.29, 1.82) is 0 Å². The van der Waals surface area contributed by atoms with Crippen LogP contribution in [0.5, 0.6) is 0 Å². The van der Waals surface area contributed by atoms with Crippen LogP contribution in [0.1, 0.15) is 72.9 Å². The normalized spacial score (nSPS) is 13.5. The maximum Gasteiger partial charge on any atom is 0.0731 e. The summed E-state index contributed by atoms with van der Waals surface area (Å²) in [5.41, 5.74) is 16.6. The van der Waals surface area contributed by atoms with Crippen LogP contribution in [0.15, 0.2) is 164 Å². The van der Waals surface area contributed by atoms with Crippen molar-refractivity contribution in [2.24, 2.45) is 0 Å². The molecule has 0 unspecified atom stereocenters. The van der Waals surface area contributed by atoms with Gasteiger partial charge in [0, 0.05) is 17.1 Å². The van der Waals surface area contributed by atoms with Crippen molar-refractivity contribution in [1.82, 2.24) is 0 Å². The highest BCUT2D eigenvalue weighted by Crippen LogP contribution is 2.64. The Morgan fingerprint density at radius 2 is 0.904 bits per heavy atom. The van der Waals surface area contributed by atoms with Crippen molar-refractivity contribution in [3.63, 3.8) is 0 Å². The molecule has 10 rings (SSSR count). The van der Waals surface area contributed by atoms with Crippen molar-refractivity contribution in [3.8, 4) is 22.3 Å². The highest BCUT2D eigenvalue weighted by molar-refractivity contribution is 6.07. The first-order valence-corrected chi connectivity index (χ1v) is 18.7. The Morgan fingerprint density at radius 1 is 0.385 bits per heavy atom. The maximum absolute atomic E-state index is 2.48. The minimum absolute atomic E-state index is 0.415. The van der Waals surface area contributed by atoms with Gasteiger partial charge in [0.25, 0.3) is 0 Å². The molecule has 1 heteroatoms. The number of benzene rings is 8. The van der Waals surface area contributed by atoms with Gasteiger partial charge >= 0.3 is 0 Å². The van der Waals surface area contributed by atoms with Gasteiger partial charge in [0.2, 0.25) is 0 Å². The van der Waals surface area contributed by atoms with E-state index in [4.69, 9.17) is 0 Å². The van der Waals surface area contributed by atoms with Crippen LogP contribution in [0.4, 0.5) is 17.1 Å². The Labute approximate surface area is 306 Å². The fourth-order valence-electron chi connectivity index (χ4n) is 9.25. The average Bonchev–Trinajstić information content (AvgIpc) is 3.64. The molecule has 8 aromatic rings. The molecule has 0 saturated heterocycles. The third kappa shape index (κ3) is 4.35. The predicted molar refractivity (Wildman–Crippen MR) is 221 cm³/mol. The van der Waals surface area contributed by atoms with E-state index in [1.807, 2.05) is 0 Å². The molecule has 2 aliphatic carbocycles. The summed E-state index contributed by atoms with van der Waals surface area (Å²) in [5, 5.41) is 5.11. The van der Waals surface area contributed by atoms with E-state index in [1.165, 1.54) is 77.2 Å². The van der Waals surface area contributed by atoms with Gasteiger partial charge in [-0.05, 0) is 138 Å². The zero-order valence-corrected chi connectivity index (χ0v) is 30.2. The fourth-order valence-corrected chi connectivity index (χ4v) is 9.25. The fraction of sp³-hybridized carbons (Fsp3) is 0.137. The summed E-state index contributed by atoms with van der Waals surface area (Å²) in [6.45, 7) is 9.03. The van der Waals surface area contributed by atoms with Gasteiger partial charge in [-0.1, -0.05) is 143 Å². The van der Waals surface area contributed by atoms with E-state index in [0.29, 0.717) is 11.8 Å². The number of hydrogen-bond acceptors (Lipinski definition) is 1. The first-order valence-electron chi connectivity index (χ1n) is 18.7. The van der Waals surface area contributed by atoms with Crippen LogP contribution in [-0.4, -0.2) is 0 Å². The Hall–Kier alpha value is -5.92. The summed E-state index contributed by atoms with van der Waals surface area (Å²) in [6.07, 6.45) is 0. The highest BCUT2D eigenvalue weighted by Gasteiger charge is 2.52. The molecule has 0 amide bonds. The van der Waals surface area contributed by atoms with Gasteiger partial charge in [-0.15, -0.1) is 0 Å². The SMILES string of the molecule is CC(C)c1ccc(N(c2ccc(C(C)C)cc2)c2ccc3c4c(ccc3c2)-c2cc3ccccc3cc2C42c3ccccc3-c3ccccc32)cc1. The van der Waals surface area contributed by atoms with Gasteiger partial charge in [0.15, 0.2) is 0 Å². The lowest BCUT2D eigenvalue weighted by atomic mass is 9.69. The van der Waals surface area contributed by atoms with Gasteiger partial charge < -0.3 is 4.90 Å². The van der Waals surface area contributed by atoms with Crippen molar-refractivity contribution in [2.75, 3.05) is 4.90 Å². The Balaban J connectivity index is 1.24.